The maximum atomic E-state index is 13.9. The number of hydrogen-bond acceptors (Lipinski definition) is 2. The van der Waals surface area contributed by atoms with Gasteiger partial charge >= 0.3 is 0 Å². The van der Waals surface area contributed by atoms with Crippen LogP contribution in [0.4, 0.5) is 4.39 Å². The van der Waals surface area contributed by atoms with Gasteiger partial charge in [-0.2, -0.15) is 0 Å². The lowest BCUT2D eigenvalue weighted by atomic mass is 10.1. The van der Waals surface area contributed by atoms with E-state index in [0.29, 0.717) is 30.9 Å². The molecule has 1 aromatic rings. The van der Waals surface area contributed by atoms with Gasteiger partial charge in [-0.1, -0.05) is 52.7 Å². The van der Waals surface area contributed by atoms with Crippen LogP contribution in [0, 0.1) is 11.7 Å². The van der Waals surface area contributed by atoms with E-state index in [-0.39, 0.29) is 5.82 Å². The SMILES string of the molecule is CCC(CC)COc1c(F)cccc1CNC(C)C. The monoisotopic (exact) mass is 267 g/mol. The molecule has 0 fully saturated rings. The number of halogens is 1. The van der Waals surface area contributed by atoms with Gasteiger partial charge in [0.15, 0.2) is 11.6 Å². The van der Waals surface area contributed by atoms with Gasteiger partial charge in [0.25, 0.3) is 0 Å². The average molecular weight is 267 g/mol. The van der Waals surface area contributed by atoms with E-state index in [1.165, 1.54) is 6.07 Å². The topological polar surface area (TPSA) is 21.3 Å². The molecular weight excluding hydrogens is 241 g/mol. The Morgan fingerprint density at radius 3 is 2.47 bits per heavy atom. The Balaban J connectivity index is 2.73. The lowest BCUT2D eigenvalue weighted by Gasteiger charge is -2.17. The normalized spacial score (nSPS) is 11.3. The lowest BCUT2D eigenvalue weighted by molar-refractivity contribution is 0.229. The largest absolute Gasteiger partial charge is 0.490 e. The molecule has 0 unspecified atom stereocenters. The summed E-state index contributed by atoms with van der Waals surface area (Å²) in [6.07, 6.45) is 2.12. The third-order valence-electron chi connectivity index (χ3n) is 3.37. The Bertz CT molecular complexity index is 375. The molecule has 3 heteroatoms. The highest BCUT2D eigenvalue weighted by Gasteiger charge is 2.12. The Hall–Kier alpha value is -1.09. The molecule has 0 aliphatic rings. The zero-order valence-electron chi connectivity index (χ0n) is 12.5. The first-order valence-electron chi connectivity index (χ1n) is 7.22. The van der Waals surface area contributed by atoms with Crippen LogP contribution >= 0.6 is 0 Å². The van der Waals surface area contributed by atoms with Crippen molar-refractivity contribution in [3.8, 4) is 5.75 Å². The molecule has 1 aromatic carbocycles. The molecule has 0 atom stereocenters. The van der Waals surface area contributed by atoms with Crippen molar-refractivity contribution in [1.29, 1.82) is 0 Å². The Labute approximate surface area is 116 Å². The summed E-state index contributed by atoms with van der Waals surface area (Å²) < 4.78 is 19.6. The van der Waals surface area contributed by atoms with Crippen LogP contribution in [0.1, 0.15) is 46.1 Å². The van der Waals surface area contributed by atoms with E-state index in [0.717, 1.165) is 18.4 Å². The van der Waals surface area contributed by atoms with Crippen molar-refractivity contribution in [2.75, 3.05) is 6.61 Å². The molecule has 0 saturated carbocycles. The molecule has 0 bridgehead atoms. The molecule has 0 aliphatic heterocycles. The quantitative estimate of drug-likeness (QED) is 0.764. The summed E-state index contributed by atoms with van der Waals surface area (Å²) in [5, 5.41) is 3.30. The van der Waals surface area contributed by atoms with Crippen molar-refractivity contribution in [1.82, 2.24) is 5.32 Å². The summed E-state index contributed by atoms with van der Waals surface area (Å²) >= 11 is 0. The van der Waals surface area contributed by atoms with Crippen LogP contribution in [0.5, 0.6) is 5.75 Å². The van der Waals surface area contributed by atoms with E-state index in [1.54, 1.807) is 6.07 Å². The highest BCUT2D eigenvalue weighted by molar-refractivity contribution is 5.35. The predicted octanol–water partition coefficient (Wildman–Crippen LogP) is 4.14. The zero-order valence-corrected chi connectivity index (χ0v) is 12.5. The first-order chi connectivity index (χ1) is 9.08. The van der Waals surface area contributed by atoms with Gasteiger partial charge in [0.2, 0.25) is 0 Å². The molecular formula is C16H26FNO. The number of nitrogens with one attached hydrogen (secondary N) is 1. The number of rotatable bonds is 8. The minimum Gasteiger partial charge on any atom is -0.490 e. The molecule has 108 valence electrons. The van der Waals surface area contributed by atoms with E-state index in [4.69, 9.17) is 4.74 Å². The molecule has 1 N–H and O–H groups in total. The van der Waals surface area contributed by atoms with Crippen LogP contribution in [0.3, 0.4) is 0 Å². The summed E-state index contributed by atoms with van der Waals surface area (Å²) in [6, 6.07) is 5.48. The van der Waals surface area contributed by atoms with Crippen molar-refractivity contribution in [2.24, 2.45) is 5.92 Å². The second kappa shape index (κ2) is 8.16. The van der Waals surface area contributed by atoms with Gasteiger partial charge < -0.3 is 10.1 Å². The lowest BCUT2D eigenvalue weighted by Crippen LogP contribution is -2.22. The number of para-hydroxylation sites is 1. The Morgan fingerprint density at radius 1 is 1.21 bits per heavy atom. The minimum absolute atomic E-state index is 0.269. The molecule has 0 aliphatic carbocycles. The van der Waals surface area contributed by atoms with E-state index in [1.807, 2.05) is 6.07 Å². The fourth-order valence-corrected chi connectivity index (χ4v) is 1.89. The average Bonchev–Trinajstić information content (AvgIpc) is 2.39. The third-order valence-corrected chi connectivity index (χ3v) is 3.37. The van der Waals surface area contributed by atoms with Gasteiger partial charge in [0.05, 0.1) is 6.61 Å². The van der Waals surface area contributed by atoms with Crippen LogP contribution in [0.25, 0.3) is 0 Å². The molecule has 1 rings (SSSR count). The summed E-state index contributed by atoms with van der Waals surface area (Å²) in [5.74, 6) is 0.627. The first kappa shape index (κ1) is 16.0. The molecule has 0 heterocycles. The van der Waals surface area contributed by atoms with Gasteiger partial charge in [0, 0.05) is 18.2 Å². The Kier molecular flexibility index (Phi) is 6.85. The molecule has 0 saturated heterocycles. The summed E-state index contributed by atoms with van der Waals surface area (Å²) in [5.41, 5.74) is 0.889. The maximum Gasteiger partial charge on any atom is 0.165 e. The fourth-order valence-electron chi connectivity index (χ4n) is 1.89. The van der Waals surface area contributed by atoms with Gasteiger partial charge in [-0.3, -0.25) is 0 Å². The molecule has 0 amide bonds. The van der Waals surface area contributed by atoms with E-state index in [2.05, 4.69) is 33.0 Å². The first-order valence-corrected chi connectivity index (χ1v) is 7.22. The minimum atomic E-state index is -0.269. The second-order valence-corrected chi connectivity index (χ2v) is 5.26. The van der Waals surface area contributed by atoms with Crippen LogP contribution < -0.4 is 10.1 Å². The number of ether oxygens (including phenoxy) is 1. The smallest absolute Gasteiger partial charge is 0.165 e. The van der Waals surface area contributed by atoms with Crippen molar-refractivity contribution in [3.05, 3.63) is 29.6 Å². The van der Waals surface area contributed by atoms with Crippen molar-refractivity contribution < 1.29 is 9.13 Å². The van der Waals surface area contributed by atoms with E-state index >= 15 is 0 Å². The van der Waals surface area contributed by atoms with Crippen LogP contribution in [0.15, 0.2) is 18.2 Å². The van der Waals surface area contributed by atoms with Crippen molar-refractivity contribution in [2.45, 2.75) is 53.1 Å². The molecule has 0 spiro atoms. The van der Waals surface area contributed by atoms with Crippen LogP contribution in [-0.4, -0.2) is 12.6 Å². The van der Waals surface area contributed by atoms with E-state index < -0.39 is 0 Å². The Morgan fingerprint density at radius 2 is 1.89 bits per heavy atom. The molecule has 19 heavy (non-hydrogen) atoms. The van der Waals surface area contributed by atoms with Gasteiger partial charge in [0.1, 0.15) is 0 Å². The van der Waals surface area contributed by atoms with Gasteiger partial charge in [-0.15, -0.1) is 0 Å². The highest BCUT2D eigenvalue weighted by atomic mass is 19.1. The zero-order chi connectivity index (χ0) is 14.3. The molecule has 2 nitrogen and oxygen atoms in total. The summed E-state index contributed by atoms with van der Waals surface area (Å²) in [7, 11) is 0. The highest BCUT2D eigenvalue weighted by Crippen LogP contribution is 2.24. The molecule has 0 aromatic heterocycles. The number of benzene rings is 1. The third kappa shape index (κ3) is 5.19. The maximum absolute atomic E-state index is 13.9. The predicted molar refractivity (Wildman–Crippen MR) is 77.9 cm³/mol. The number of hydrogen-bond donors (Lipinski definition) is 1. The van der Waals surface area contributed by atoms with Crippen LogP contribution in [0.2, 0.25) is 0 Å². The van der Waals surface area contributed by atoms with Crippen LogP contribution in [-0.2, 0) is 6.54 Å². The molecule has 0 radical (unpaired) electrons. The standard InChI is InChI=1S/C16H26FNO/c1-5-13(6-2)11-19-16-14(10-18-12(3)4)8-7-9-15(16)17/h7-9,12-13,18H,5-6,10-11H2,1-4H3. The van der Waals surface area contributed by atoms with Crippen molar-refractivity contribution >= 4 is 0 Å². The fraction of sp³-hybridized carbons (Fsp3) is 0.625. The summed E-state index contributed by atoms with van der Waals surface area (Å²) in [6.45, 7) is 9.64. The van der Waals surface area contributed by atoms with E-state index in [9.17, 15) is 4.39 Å². The van der Waals surface area contributed by atoms with Gasteiger partial charge in [-0.25, -0.2) is 4.39 Å². The second-order valence-electron chi connectivity index (χ2n) is 5.26. The van der Waals surface area contributed by atoms with Gasteiger partial charge in [-0.05, 0) is 12.0 Å². The summed E-state index contributed by atoms with van der Waals surface area (Å²) in [4.78, 5) is 0. The van der Waals surface area contributed by atoms with Crippen molar-refractivity contribution in [3.63, 3.8) is 0 Å².